The fourth-order valence-corrected chi connectivity index (χ4v) is 1.96. The number of urea groups is 1. The molecule has 2 amide bonds. The third kappa shape index (κ3) is 3.13. The van der Waals surface area contributed by atoms with Gasteiger partial charge in [0.25, 0.3) is 0 Å². The van der Waals surface area contributed by atoms with Crippen LogP contribution in [0.2, 0.25) is 0 Å². The first kappa shape index (κ1) is 13.1. The summed E-state index contributed by atoms with van der Waals surface area (Å²) in [6.45, 7) is 3.02. The van der Waals surface area contributed by atoms with Gasteiger partial charge in [0.15, 0.2) is 0 Å². The maximum atomic E-state index is 12.0. The molecule has 0 atom stereocenters. The maximum Gasteiger partial charge on any atom is 0.337 e. The number of nitrogens with one attached hydrogen (secondary N) is 1. The quantitative estimate of drug-likeness (QED) is 0.803. The Morgan fingerprint density at radius 1 is 1.32 bits per heavy atom. The standard InChI is InChI=1S/C14H16N2O3/c1-10-5-6-12(11(9-10)13(17)18)15-14(19)16-7-3-2-4-8-16/h2-3,5-6,9H,4,7-8H2,1H3,(H,15,19)(H,17,18). The van der Waals surface area contributed by atoms with Crippen LogP contribution < -0.4 is 5.32 Å². The zero-order valence-electron chi connectivity index (χ0n) is 10.7. The van der Waals surface area contributed by atoms with Gasteiger partial charge < -0.3 is 15.3 Å². The van der Waals surface area contributed by atoms with Gasteiger partial charge in [-0.25, -0.2) is 9.59 Å². The predicted octanol–water partition coefficient (Wildman–Crippen LogP) is 2.49. The number of carboxylic acid groups (broad SMARTS) is 1. The summed E-state index contributed by atoms with van der Waals surface area (Å²) < 4.78 is 0. The largest absolute Gasteiger partial charge is 0.478 e. The molecule has 0 spiro atoms. The molecule has 1 aromatic rings. The van der Waals surface area contributed by atoms with Gasteiger partial charge in [0.05, 0.1) is 11.3 Å². The van der Waals surface area contributed by atoms with E-state index in [-0.39, 0.29) is 11.6 Å². The Kier molecular flexibility index (Phi) is 3.85. The van der Waals surface area contributed by atoms with Crippen molar-refractivity contribution in [2.24, 2.45) is 0 Å². The van der Waals surface area contributed by atoms with Crippen molar-refractivity contribution < 1.29 is 14.7 Å². The number of hydrogen-bond donors (Lipinski definition) is 2. The van der Waals surface area contributed by atoms with E-state index in [2.05, 4.69) is 5.32 Å². The van der Waals surface area contributed by atoms with Crippen LogP contribution in [0.3, 0.4) is 0 Å². The molecule has 1 aliphatic rings. The molecule has 0 fully saturated rings. The van der Waals surface area contributed by atoms with Crippen molar-refractivity contribution in [3.05, 3.63) is 41.5 Å². The average molecular weight is 260 g/mol. The van der Waals surface area contributed by atoms with E-state index in [4.69, 9.17) is 5.11 Å². The molecule has 0 radical (unpaired) electrons. The van der Waals surface area contributed by atoms with Crippen LogP contribution in [0.15, 0.2) is 30.4 Å². The zero-order valence-corrected chi connectivity index (χ0v) is 10.7. The molecule has 1 aliphatic heterocycles. The Bertz CT molecular complexity index is 537. The predicted molar refractivity (Wildman–Crippen MR) is 72.5 cm³/mol. The SMILES string of the molecule is Cc1ccc(NC(=O)N2CC=CCC2)c(C(=O)O)c1. The van der Waals surface area contributed by atoms with Crippen molar-refractivity contribution in [3.8, 4) is 0 Å². The van der Waals surface area contributed by atoms with Gasteiger partial charge in [0.1, 0.15) is 0 Å². The molecular formula is C14H16N2O3. The lowest BCUT2D eigenvalue weighted by Gasteiger charge is -2.24. The van der Waals surface area contributed by atoms with E-state index in [9.17, 15) is 9.59 Å². The van der Waals surface area contributed by atoms with Crippen molar-refractivity contribution in [1.29, 1.82) is 0 Å². The molecule has 0 aromatic heterocycles. The monoisotopic (exact) mass is 260 g/mol. The van der Waals surface area contributed by atoms with E-state index >= 15 is 0 Å². The highest BCUT2D eigenvalue weighted by molar-refractivity contribution is 6.00. The van der Waals surface area contributed by atoms with Gasteiger partial charge in [-0.05, 0) is 25.5 Å². The van der Waals surface area contributed by atoms with Crippen LogP contribution in [0, 0.1) is 6.92 Å². The van der Waals surface area contributed by atoms with Crippen LogP contribution in [0.4, 0.5) is 10.5 Å². The zero-order chi connectivity index (χ0) is 13.8. The first-order valence-corrected chi connectivity index (χ1v) is 6.13. The maximum absolute atomic E-state index is 12.0. The molecular weight excluding hydrogens is 244 g/mol. The van der Waals surface area contributed by atoms with Crippen molar-refractivity contribution in [3.63, 3.8) is 0 Å². The fourth-order valence-electron chi connectivity index (χ4n) is 1.96. The number of anilines is 1. The van der Waals surface area contributed by atoms with Crippen LogP contribution in [0.25, 0.3) is 0 Å². The fraction of sp³-hybridized carbons (Fsp3) is 0.286. The minimum Gasteiger partial charge on any atom is -0.478 e. The molecule has 0 unspecified atom stereocenters. The number of rotatable bonds is 2. The number of carboxylic acids is 1. The molecule has 0 aliphatic carbocycles. The Morgan fingerprint density at radius 3 is 2.74 bits per heavy atom. The third-order valence-electron chi connectivity index (χ3n) is 2.99. The van der Waals surface area contributed by atoms with E-state index in [1.807, 2.05) is 19.1 Å². The highest BCUT2D eigenvalue weighted by Crippen LogP contribution is 2.18. The summed E-state index contributed by atoms with van der Waals surface area (Å²) in [7, 11) is 0. The molecule has 19 heavy (non-hydrogen) atoms. The molecule has 0 bridgehead atoms. The second-order valence-electron chi connectivity index (χ2n) is 4.49. The van der Waals surface area contributed by atoms with Crippen LogP contribution in [-0.2, 0) is 0 Å². The van der Waals surface area contributed by atoms with Gasteiger partial charge in [-0.2, -0.15) is 0 Å². The van der Waals surface area contributed by atoms with E-state index < -0.39 is 5.97 Å². The molecule has 100 valence electrons. The van der Waals surface area contributed by atoms with E-state index in [0.717, 1.165) is 12.0 Å². The molecule has 1 aromatic carbocycles. The molecule has 5 heteroatoms. The Balaban J connectivity index is 2.16. The van der Waals surface area contributed by atoms with E-state index in [1.54, 1.807) is 23.1 Å². The number of aryl methyl sites for hydroxylation is 1. The minimum absolute atomic E-state index is 0.112. The summed E-state index contributed by atoms with van der Waals surface area (Å²) >= 11 is 0. The first-order chi connectivity index (χ1) is 9.08. The van der Waals surface area contributed by atoms with E-state index in [0.29, 0.717) is 18.8 Å². The topological polar surface area (TPSA) is 69.6 Å². The van der Waals surface area contributed by atoms with Crippen LogP contribution >= 0.6 is 0 Å². The van der Waals surface area contributed by atoms with Gasteiger partial charge >= 0.3 is 12.0 Å². The summed E-state index contributed by atoms with van der Waals surface area (Å²) in [6, 6.07) is 4.68. The van der Waals surface area contributed by atoms with Gasteiger partial charge in [0, 0.05) is 13.1 Å². The van der Waals surface area contributed by atoms with E-state index in [1.165, 1.54) is 0 Å². The number of carbonyl (C=O) groups excluding carboxylic acids is 1. The number of benzene rings is 1. The van der Waals surface area contributed by atoms with Crippen LogP contribution in [0.1, 0.15) is 22.3 Å². The molecule has 0 saturated heterocycles. The third-order valence-corrected chi connectivity index (χ3v) is 2.99. The number of amides is 2. The highest BCUT2D eigenvalue weighted by atomic mass is 16.4. The number of carbonyl (C=O) groups is 2. The van der Waals surface area contributed by atoms with Gasteiger partial charge in [-0.3, -0.25) is 0 Å². The van der Waals surface area contributed by atoms with Crippen molar-refractivity contribution in [2.75, 3.05) is 18.4 Å². The van der Waals surface area contributed by atoms with Gasteiger partial charge in [-0.1, -0.05) is 23.8 Å². The van der Waals surface area contributed by atoms with Gasteiger partial charge in [-0.15, -0.1) is 0 Å². The van der Waals surface area contributed by atoms with Gasteiger partial charge in [0.2, 0.25) is 0 Å². The Labute approximate surface area is 111 Å². The number of hydrogen-bond acceptors (Lipinski definition) is 2. The second kappa shape index (κ2) is 5.56. The number of nitrogens with zero attached hydrogens (tertiary/aromatic N) is 1. The smallest absolute Gasteiger partial charge is 0.337 e. The van der Waals surface area contributed by atoms with Crippen LogP contribution in [-0.4, -0.2) is 35.1 Å². The second-order valence-corrected chi connectivity index (χ2v) is 4.49. The summed E-state index contributed by atoms with van der Waals surface area (Å²) in [5, 5.41) is 11.8. The van der Waals surface area contributed by atoms with Crippen molar-refractivity contribution >= 4 is 17.7 Å². The van der Waals surface area contributed by atoms with Crippen LogP contribution in [0.5, 0.6) is 0 Å². The van der Waals surface area contributed by atoms with Crippen molar-refractivity contribution in [2.45, 2.75) is 13.3 Å². The van der Waals surface area contributed by atoms with Crippen molar-refractivity contribution in [1.82, 2.24) is 4.90 Å². The molecule has 0 saturated carbocycles. The summed E-state index contributed by atoms with van der Waals surface area (Å²) in [4.78, 5) is 24.8. The molecule has 2 N–H and O–H groups in total. The lowest BCUT2D eigenvalue weighted by atomic mass is 10.1. The summed E-state index contributed by atoms with van der Waals surface area (Å²) in [6.07, 6.45) is 4.78. The minimum atomic E-state index is -1.04. The summed E-state index contributed by atoms with van der Waals surface area (Å²) in [5.74, 6) is -1.04. The molecule has 1 heterocycles. The lowest BCUT2D eigenvalue weighted by molar-refractivity contribution is 0.0698. The molecule has 5 nitrogen and oxygen atoms in total. The molecule has 2 rings (SSSR count). The lowest BCUT2D eigenvalue weighted by Crippen LogP contribution is -2.37. The normalized spacial score (nSPS) is 14.3. The number of aromatic carboxylic acids is 1. The highest BCUT2D eigenvalue weighted by Gasteiger charge is 2.17. The Morgan fingerprint density at radius 2 is 2.11 bits per heavy atom. The first-order valence-electron chi connectivity index (χ1n) is 6.13. The Hall–Kier alpha value is -2.30. The summed E-state index contributed by atoms with van der Waals surface area (Å²) in [5.41, 5.74) is 1.29. The average Bonchev–Trinajstić information content (AvgIpc) is 2.41.